The molecule has 2 bridgehead atoms. The van der Waals surface area contributed by atoms with Crippen molar-refractivity contribution in [3.63, 3.8) is 0 Å². The third-order valence-electron chi connectivity index (χ3n) is 7.67. The molecule has 1 aliphatic heterocycles. The molecule has 0 radical (unpaired) electrons. The van der Waals surface area contributed by atoms with Crippen molar-refractivity contribution in [2.75, 3.05) is 32.0 Å². The van der Waals surface area contributed by atoms with Crippen LogP contribution >= 0.6 is 0 Å². The van der Waals surface area contributed by atoms with Gasteiger partial charge in [-0.15, -0.1) is 13.2 Å². The van der Waals surface area contributed by atoms with Crippen molar-refractivity contribution in [3.8, 4) is 17.0 Å². The van der Waals surface area contributed by atoms with E-state index in [-0.39, 0.29) is 17.3 Å². The Morgan fingerprint density at radius 2 is 2.00 bits per heavy atom. The lowest BCUT2D eigenvalue weighted by Gasteiger charge is -2.49. The molecule has 7 nitrogen and oxygen atoms in total. The number of nitrogen functional groups attached to an aromatic ring is 1. The summed E-state index contributed by atoms with van der Waals surface area (Å²) >= 11 is 0. The normalized spacial score (nSPS) is 28.5. The molecule has 2 N–H and O–H groups in total. The van der Waals surface area contributed by atoms with E-state index in [0.717, 1.165) is 45.0 Å². The van der Waals surface area contributed by atoms with Gasteiger partial charge in [0.2, 0.25) is 0 Å². The maximum Gasteiger partial charge on any atom is 0.573 e. The van der Waals surface area contributed by atoms with Gasteiger partial charge in [-0.1, -0.05) is 13.8 Å². The molecule has 2 aromatic heterocycles. The van der Waals surface area contributed by atoms with Crippen molar-refractivity contribution in [1.29, 1.82) is 0 Å². The molecule has 1 unspecified atom stereocenters. The Kier molecular flexibility index (Phi) is 5.55. The number of rotatable bonds is 6. The third-order valence-corrected chi connectivity index (χ3v) is 7.67. The molecule has 6 rings (SSSR count). The fraction of sp³-hybridized carbons (Fsp3) is 0.652. The Hall–Kier alpha value is -2.33. The minimum atomic E-state index is -4.84. The summed E-state index contributed by atoms with van der Waals surface area (Å²) in [5.74, 6) is 0.975. The second kappa shape index (κ2) is 8.16. The molecule has 0 spiro atoms. The van der Waals surface area contributed by atoms with Crippen LogP contribution in [0.3, 0.4) is 0 Å². The SMILES string of the molecule is CCC(C)c1nc(-c2cnc(N)c(OC(F)(F)F)c2)cn1[C@H]1CC2(N3CCOCC3)CC1C2. The fourth-order valence-electron chi connectivity index (χ4n) is 5.82. The molecule has 1 saturated heterocycles. The van der Waals surface area contributed by atoms with Crippen molar-refractivity contribution in [2.24, 2.45) is 5.92 Å². The van der Waals surface area contributed by atoms with E-state index in [1.165, 1.54) is 25.1 Å². The zero-order chi connectivity index (χ0) is 23.4. The number of alkyl halides is 3. The van der Waals surface area contributed by atoms with Crippen LogP contribution in [0.1, 0.15) is 57.3 Å². The molecule has 3 heterocycles. The lowest BCUT2D eigenvalue weighted by Crippen LogP contribution is -2.56. The van der Waals surface area contributed by atoms with Gasteiger partial charge in [0.1, 0.15) is 5.82 Å². The average Bonchev–Trinajstić information content (AvgIpc) is 3.45. The van der Waals surface area contributed by atoms with Crippen LogP contribution in [0.4, 0.5) is 19.0 Å². The van der Waals surface area contributed by atoms with Gasteiger partial charge in [0.05, 0.1) is 18.9 Å². The van der Waals surface area contributed by atoms with Gasteiger partial charge in [0, 0.05) is 48.5 Å². The Balaban J connectivity index is 1.46. The number of halogens is 3. The number of imidazole rings is 1. The van der Waals surface area contributed by atoms with E-state index >= 15 is 0 Å². The van der Waals surface area contributed by atoms with Crippen molar-refractivity contribution >= 4 is 5.82 Å². The van der Waals surface area contributed by atoms with Crippen LogP contribution in [0.15, 0.2) is 18.5 Å². The number of aromatic nitrogens is 3. The second-order valence-corrected chi connectivity index (χ2v) is 9.62. The van der Waals surface area contributed by atoms with E-state index in [4.69, 9.17) is 15.5 Å². The molecule has 4 aliphatic rings. The maximum absolute atomic E-state index is 12.8. The summed E-state index contributed by atoms with van der Waals surface area (Å²) in [5.41, 5.74) is 6.91. The van der Waals surface area contributed by atoms with E-state index < -0.39 is 12.1 Å². The van der Waals surface area contributed by atoms with Gasteiger partial charge in [0.25, 0.3) is 0 Å². The molecule has 0 aromatic carbocycles. The second-order valence-electron chi connectivity index (χ2n) is 9.62. The first kappa shape index (κ1) is 22.5. The van der Waals surface area contributed by atoms with Crippen molar-refractivity contribution in [1.82, 2.24) is 19.4 Å². The lowest BCUT2D eigenvalue weighted by molar-refractivity contribution is -0.274. The van der Waals surface area contributed by atoms with Crippen LogP contribution in [-0.2, 0) is 4.74 Å². The average molecular weight is 466 g/mol. The van der Waals surface area contributed by atoms with Gasteiger partial charge < -0.3 is 19.8 Å². The maximum atomic E-state index is 12.8. The summed E-state index contributed by atoms with van der Waals surface area (Å²) in [4.78, 5) is 11.4. The zero-order valence-electron chi connectivity index (χ0n) is 18.9. The summed E-state index contributed by atoms with van der Waals surface area (Å²) in [5, 5.41) is 0. The van der Waals surface area contributed by atoms with E-state index in [0.29, 0.717) is 23.2 Å². The number of nitrogens with two attached hydrogens (primary N) is 1. The first-order chi connectivity index (χ1) is 15.7. The number of ether oxygens (including phenoxy) is 2. The summed E-state index contributed by atoms with van der Waals surface area (Å²) in [7, 11) is 0. The first-order valence-electron chi connectivity index (χ1n) is 11.6. The quantitative estimate of drug-likeness (QED) is 0.683. The third kappa shape index (κ3) is 4.07. The molecule has 33 heavy (non-hydrogen) atoms. The molecule has 3 aliphatic carbocycles. The molecular formula is C23H30F3N5O2. The molecule has 3 saturated carbocycles. The summed E-state index contributed by atoms with van der Waals surface area (Å²) in [6.45, 7) is 7.79. The van der Waals surface area contributed by atoms with Crippen molar-refractivity contribution in [3.05, 3.63) is 24.3 Å². The van der Waals surface area contributed by atoms with Gasteiger partial charge in [-0.05, 0) is 37.7 Å². The predicted octanol–water partition coefficient (Wildman–Crippen LogP) is 4.37. The summed E-state index contributed by atoms with van der Waals surface area (Å²) in [6.07, 6.45) is 2.94. The van der Waals surface area contributed by atoms with Crippen LogP contribution in [0.25, 0.3) is 11.3 Å². The summed E-state index contributed by atoms with van der Waals surface area (Å²) in [6, 6.07) is 1.61. The molecule has 2 aromatic rings. The van der Waals surface area contributed by atoms with Crippen molar-refractivity contribution < 1.29 is 22.6 Å². The van der Waals surface area contributed by atoms with Crippen molar-refractivity contribution in [2.45, 2.75) is 63.4 Å². The number of hydrogen-bond acceptors (Lipinski definition) is 6. The molecule has 0 amide bonds. The van der Waals surface area contributed by atoms with Crippen LogP contribution in [0.2, 0.25) is 0 Å². The molecule has 4 fully saturated rings. The fourth-order valence-corrected chi connectivity index (χ4v) is 5.82. The smallest absolute Gasteiger partial charge is 0.402 e. The highest BCUT2D eigenvalue weighted by Gasteiger charge is 2.59. The minimum absolute atomic E-state index is 0.225. The topological polar surface area (TPSA) is 78.4 Å². The number of hydrogen-bond donors (Lipinski definition) is 1. The summed E-state index contributed by atoms with van der Waals surface area (Å²) < 4.78 is 50.2. The van der Waals surface area contributed by atoms with Crippen LogP contribution < -0.4 is 10.5 Å². The van der Waals surface area contributed by atoms with Gasteiger partial charge in [-0.3, -0.25) is 4.90 Å². The standard InChI is InChI=1S/C23H30F3N5O2/c1-3-14(2)21-29-17(15-8-19(20(27)28-12-15)33-23(24,25)26)13-31(21)18-11-22(9-16(18)10-22)30-4-6-32-7-5-30/h8,12-14,16,18H,3-7,9-11H2,1-2H3,(H2,27,28)/t14?,16?,18-,22?/m0/s1. The van der Waals surface area contributed by atoms with E-state index in [1.807, 2.05) is 6.20 Å². The lowest BCUT2D eigenvalue weighted by atomic mass is 9.75. The number of anilines is 1. The monoisotopic (exact) mass is 465 g/mol. The van der Waals surface area contributed by atoms with E-state index in [9.17, 15) is 13.2 Å². The number of morpholine rings is 1. The predicted molar refractivity (Wildman–Crippen MR) is 117 cm³/mol. The Morgan fingerprint density at radius 3 is 2.67 bits per heavy atom. The van der Waals surface area contributed by atoms with Gasteiger partial charge in [0.15, 0.2) is 11.6 Å². The Morgan fingerprint density at radius 1 is 1.27 bits per heavy atom. The molecule has 10 heteroatoms. The van der Waals surface area contributed by atoms with Gasteiger partial charge in [-0.2, -0.15) is 0 Å². The molecule has 180 valence electrons. The molecule has 2 atom stereocenters. The minimum Gasteiger partial charge on any atom is -0.402 e. The van der Waals surface area contributed by atoms with E-state index in [1.54, 1.807) is 0 Å². The van der Waals surface area contributed by atoms with Crippen LogP contribution in [0.5, 0.6) is 5.75 Å². The number of pyridine rings is 1. The Labute approximate surface area is 191 Å². The van der Waals surface area contributed by atoms with Gasteiger partial charge >= 0.3 is 6.36 Å². The van der Waals surface area contributed by atoms with Gasteiger partial charge in [-0.25, -0.2) is 9.97 Å². The Bertz CT molecular complexity index is 1010. The van der Waals surface area contributed by atoms with Crippen LogP contribution in [-0.4, -0.2) is 57.6 Å². The molecular weight excluding hydrogens is 435 g/mol. The zero-order valence-corrected chi connectivity index (χ0v) is 18.9. The van der Waals surface area contributed by atoms with Crippen LogP contribution in [0, 0.1) is 5.92 Å². The number of nitrogens with zero attached hydrogens (tertiary/aromatic N) is 4. The highest BCUT2D eigenvalue weighted by atomic mass is 19.4. The number of fused-ring (bicyclic) bond motifs is 1. The highest BCUT2D eigenvalue weighted by molar-refractivity contribution is 5.64. The van der Waals surface area contributed by atoms with E-state index in [2.05, 4.69) is 33.0 Å². The largest absolute Gasteiger partial charge is 0.573 e. The first-order valence-corrected chi connectivity index (χ1v) is 11.6. The highest BCUT2D eigenvalue weighted by Crippen LogP contribution is 2.61.